The second kappa shape index (κ2) is 7.18. The number of hydrogen-bond acceptors (Lipinski definition) is 3. The summed E-state index contributed by atoms with van der Waals surface area (Å²) in [5, 5.41) is -0.217. The molecule has 1 atom stereocenters. The maximum absolute atomic E-state index is 12.8. The summed E-state index contributed by atoms with van der Waals surface area (Å²) in [5.41, 5.74) is 2.13. The van der Waals surface area contributed by atoms with E-state index in [1.54, 1.807) is 35.2 Å². The fraction of sp³-hybridized carbons (Fsp3) is 0.316. The van der Waals surface area contributed by atoms with Gasteiger partial charge in [0.05, 0.1) is 11.0 Å². The zero-order valence-corrected chi connectivity index (χ0v) is 15.6. The van der Waals surface area contributed by atoms with Crippen molar-refractivity contribution < 1.29 is 13.2 Å². The number of amides is 1. The summed E-state index contributed by atoms with van der Waals surface area (Å²) in [6, 6.07) is 14.4. The molecule has 0 bridgehead atoms. The third-order valence-corrected chi connectivity index (χ3v) is 7.11. The molecule has 1 fully saturated rings. The van der Waals surface area contributed by atoms with Crippen molar-refractivity contribution in [2.45, 2.75) is 18.6 Å². The van der Waals surface area contributed by atoms with Crippen molar-refractivity contribution in [1.82, 2.24) is 4.90 Å². The molecule has 0 spiro atoms. The smallest absolute Gasteiger partial charge is 0.254 e. The Kier molecular flexibility index (Phi) is 5.16. The van der Waals surface area contributed by atoms with Gasteiger partial charge in [-0.1, -0.05) is 48.0 Å². The Balaban J connectivity index is 1.87. The van der Waals surface area contributed by atoms with Crippen molar-refractivity contribution in [3.8, 4) is 0 Å². The van der Waals surface area contributed by atoms with Crippen LogP contribution in [0.15, 0.2) is 48.5 Å². The van der Waals surface area contributed by atoms with Gasteiger partial charge < -0.3 is 4.90 Å². The third-order valence-electron chi connectivity index (χ3n) is 4.66. The summed E-state index contributed by atoms with van der Waals surface area (Å²) < 4.78 is 25.5. The Bertz CT molecular complexity index is 895. The molecule has 2 aromatic rings. The Labute approximate surface area is 153 Å². The van der Waals surface area contributed by atoms with Crippen LogP contribution < -0.4 is 0 Å². The summed E-state index contributed by atoms with van der Waals surface area (Å²) in [5.74, 6) is -0.173. The fourth-order valence-electron chi connectivity index (χ4n) is 3.22. The van der Waals surface area contributed by atoms with Gasteiger partial charge in [0.2, 0.25) is 0 Å². The number of rotatable bonds is 2. The second-order valence-electron chi connectivity index (χ2n) is 6.27. The van der Waals surface area contributed by atoms with Gasteiger partial charge in [0, 0.05) is 23.7 Å². The van der Waals surface area contributed by atoms with Crippen LogP contribution in [0.1, 0.15) is 33.2 Å². The van der Waals surface area contributed by atoms with Crippen LogP contribution in [0, 0.1) is 6.92 Å². The van der Waals surface area contributed by atoms with E-state index >= 15 is 0 Å². The average Bonchev–Trinajstić information content (AvgIpc) is 2.74. The normalized spacial score (nSPS) is 20.1. The van der Waals surface area contributed by atoms with Crippen LogP contribution in [0.4, 0.5) is 0 Å². The lowest BCUT2D eigenvalue weighted by Gasteiger charge is -2.21. The Morgan fingerprint density at radius 3 is 2.48 bits per heavy atom. The van der Waals surface area contributed by atoms with Crippen LogP contribution in [0.2, 0.25) is 5.02 Å². The molecule has 0 aromatic heterocycles. The van der Waals surface area contributed by atoms with Crippen LogP contribution in [-0.2, 0) is 9.84 Å². The van der Waals surface area contributed by atoms with E-state index in [4.69, 9.17) is 11.6 Å². The van der Waals surface area contributed by atoms with Gasteiger partial charge >= 0.3 is 0 Å². The van der Waals surface area contributed by atoms with Crippen LogP contribution >= 0.6 is 11.6 Å². The molecule has 2 aromatic carbocycles. The van der Waals surface area contributed by atoms with Gasteiger partial charge in [-0.3, -0.25) is 4.79 Å². The van der Waals surface area contributed by atoms with Crippen LogP contribution in [0.5, 0.6) is 0 Å². The van der Waals surface area contributed by atoms with Crippen molar-refractivity contribution in [2.75, 3.05) is 18.8 Å². The van der Waals surface area contributed by atoms with Crippen LogP contribution in [0.3, 0.4) is 0 Å². The number of halogens is 1. The molecule has 25 heavy (non-hydrogen) atoms. The molecule has 6 heteroatoms. The molecule has 1 heterocycles. The number of hydrogen-bond donors (Lipinski definition) is 0. The molecule has 1 saturated heterocycles. The molecule has 4 nitrogen and oxygen atoms in total. The molecule has 1 aliphatic rings. The lowest BCUT2D eigenvalue weighted by atomic mass is 10.1. The van der Waals surface area contributed by atoms with Gasteiger partial charge in [-0.25, -0.2) is 8.42 Å². The number of aryl methyl sites for hydroxylation is 1. The molecule has 3 rings (SSSR count). The summed E-state index contributed by atoms with van der Waals surface area (Å²) in [7, 11) is -3.37. The number of benzene rings is 2. The first-order valence-electron chi connectivity index (χ1n) is 8.21. The van der Waals surface area contributed by atoms with E-state index in [1.807, 2.05) is 25.1 Å². The predicted octanol–water partition coefficient (Wildman–Crippen LogP) is 3.65. The summed E-state index contributed by atoms with van der Waals surface area (Å²) in [6.07, 6.45) is 0.351. The van der Waals surface area contributed by atoms with E-state index in [9.17, 15) is 13.2 Å². The Hall–Kier alpha value is -1.85. The highest BCUT2D eigenvalue weighted by Gasteiger charge is 2.34. The van der Waals surface area contributed by atoms with Crippen molar-refractivity contribution in [2.24, 2.45) is 0 Å². The van der Waals surface area contributed by atoms with Crippen molar-refractivity contribution in [3.63, 3.8) is 0 Å². The molecule has 0 radical (unpaired) electrons. The molecule has 1 amide bonds. The molecule has 1 aliphatic heterocycles. The first kappa shape index (κ1) is 18.0. The molecule has 132 valence electrons. The van der Waals surface area contributed by atoms with Crippen LogP contribution in [-0.4, -0.2) is 38.1 Å². The van der Waals surface area contributed by atoms with E-state index < -0.39 is 15.1 Å². The summed E-state index contributed by atoms with van der Waals surface area (Å²) >= 11 is 6.21. The molecule has 0 aliphatic carbocycles. The predicted molar refractivity (Wildman–Crippen MR) is 99.7 cm³/mol. The lowest BCUT2D eigenvalue weighted by molar-refractivity contribution is 0.0766. The molecule has 0 unspecified atom stereocenters. The van der Waals surface area contributed by atoms with Crippen molar-refractivity contribution >= 4 is 27.3 Å². The SMILES string of the molecule is Cc1ccccc1C(=O)N1CC[C@@H](c2ccccc2Cl)S(=O)(=O)CC1. The molecular weight excluding hydrogens is 358 g/mol. The van der Waals surface area contributed by atoms with Crippen molar-refractivity contribution in [1.29, 1.82) is 0 Å². The van der Waals surface area contributed by atoms with Gasteiger partial charge in [-0.2, -0.15) is 0 Å². The third kappa shape index (κ3) is 3.72. The first-order chi connectivity index (χ1) is 11.9. The average molecular weight is 378 g/mol. The quantitative estimate of drug-likeness (QED) is 0.802. The zero-order valence-electron chi connectivity index (χ0n) is 14.0. The van der Waals surface area contributed by atoms with E-state index in [0.717, 1.165) is 5.56 Å². The fourth-order valence-corrected chi connectivity index (χ4v) is 5.36. The zero-order chi connectivity index (χ0) is 18.0. The van der Waals surface area contributed by atoms with Gasteiger partial charge in [0.25, 0.3) is 5.91 Å². The highest BCUT2D eigenvalue weighted by Crippen LogP contribution is 2.34. The number of nitrogens with zero attached hydrogens (tertiary/aromatic N) is 1. The maximum atomic E-state index is 12.8. The standard InChI is InChI=1S/C19H20ClNO3S/c1-14-6-2-3-7-15(14)19(22)21-11-10-18(25(23,24)13-12-21)16-8-4-5-9-17(16)20/h2-9,18H,10-13H2,1H3/t18-/m0/s1. The highest BCUT2D eigenvalue weighted by atomic mass is 35.5. The minimum atomic E-state index is -3.37. The van der Waals surface area contributed by atoms with Gasteiger partial charge in [0.15, 0.2) is 9.84 Å². The van der Waals surface area contributed by atoms with E-state index in [2.05, 4.69) is 0 Å². The van der Waals surface area contributed by atoms with Gasteiger partial charge in [-0.15, -0.1) is 0 Å². The summed E-state index contributed by atoms with van der Waals surface area (Å²) in [4.78, 5) is 14.4. The summed E-state index contributed by atoms with van der Waals surface area (Å²) in [6.45, 7) is 2.48. The monoisotopic (exact) mass is 377 g/mol. The number of carbonyl (C=O) groups is 1. The molecular formula is C19H20ClNO3S. The second-order valence-corrected chi connectivity index (χ2v) is 8.98. The van der Waals surface area contributed by atoms with Gasteiger partial charge in [0.1, 0.15) is 0 Å². The maximum Gasteiger partial charge on any atom is 0.254 e. The van der Waals surface area contributed by atoms with E-state index in [0.29, 0.717) is 29.1 Å². The van der Waals surface area contributed by atoms with Crippen molar-refractivity contribution in [3.05, 3.63) is 70.2 Å². The minimum absolute atomic E-state index is 0.0550. The molecule has 0 N–H and O–H groups in total. The minimum Gasteiger partial charge on any atom is -0.338 e. The largest absolute Gasteiger partial charge is 0.338 e. The Morgan fingerprint density at radius 2 is 1.76 bits per heavy atom. The number of sulfone groups is 1. The van der Waals surface area contributed by atoms with Crippen LogP contribution in [0.25, 0.3) is 0 Å². The first-order valence-corrected chi connectivity index (χ1v) is 10.3. The van der Waals surface area contributed by atoms with Gasteiger partial charge in [-0.05, 0) is 36.6 Å². The molecule has 0 saturated carbocycles. The topological polar surface area (TPSA) is 54.5 Å². The lowest BCUT2D eigenvalue weighted by Crippen LogP contribution is -2.34. The van der Waals surface area contributed by atoms with E-state index in [-0.39, 0.29) is 18.2 Å². The number of carbonyl (C=O) groups excluding carboxylic acids is 1. The van der Waals surface area contributed by atoms with E-state index in [1.165, 1.54) is 0 Å². The highest BCUT2D eigenvalue weighted by molar-refractivity contribution is 7.91. The Morgan fingerprint density at radius 1 is 1.08 bits per heavy atom.